The minimum Gasteiger partial charge on any atom is -0.295 e. The lowest BCUT2D eigenvalue weighted by Crippen LogP contribution is -2.27. The van der Waals surface area contributed by atoms with E-state index >= 15 is 0 Å². The van der Waals surface area contributed by atoms with Gasteiger partial charge in [0, 0.05) is 19.0 Å². The predicted octanol–water partition coefficient (Wildman–Crippen LogP) is 6.01. The van der Waals surface area contributed by atoms with Crippen LogP contribution in [0.15, 0.2) is 59.7 Å². The zero-order valence-electron chi connectivity index (χ0n) is 16.8. The fourth-order valence-electron chi connectivity index (χ4n) is 4.81. The van der Waals surface area contributed by atoms with E-state index in [1.54, 1.807) is 0 Å². The molecule has 0 bridgehead atoms. The van der Waals surface area contributed by atoms with E-state index in [1.807, 2.05) is 0 Å². The molecule has 0 N–H and O–H groups in total. The molecule has 0 radical (unpaired) electrons. The predicted molar refractivity (Wildman–Crippen MR) is 114 cm³/mol. The molecular formula is C25H32N2. The maximum absolute atomic E-state index is 5.13. The monoisotopic (exact) mass is 360 g/mol. The summed E-state index contributed by atoms with van der Waals surface area (Å²) in [7, 11) is 0. The number of hydrazone groups is 1. The highest BCUT2D eigenvalue weighted by atomic mass is 15.5. The Kier molecular flexibility index (Phi) is 5.61. The van der Waals surface area contributed by atoms with E-state index in [2.05, 4.69) is 73.5 Å². The Hall–Kier alpha value is -2.09. The third-order valence-electron chi connectivity index (χ3n) is 6.50. The fraction of sp³-hybridized carbons (Fsp3) is 0.480. The van der Waals surface area contributed by atoms with Gasteiger partial charge < -0.3 is 0 Å². The summed E-state index contributed by atoms with van der Waals surface area (Å²) in [5.74, 6) is 2.15. The molecule has 1 heterocycles. The van der Waals surface area contributed by atoms with Crippen LogP contribution < -0.4 is 0 Å². The van der Waals surface area contributed by atoms with Crippen LogP contribution in [0, 0.1) is 18.8 Å². The summed E-state index contributed by atoms with van der Waals surface area (Å²) in [6.07, 6.45) is 6.92. The van der Waals surface area contributed by atoms with E-state index in [0.29, 0.717) is 5.92 Å². The van der Waals surface area contributed by atoms with Gasteiger partial charge in [-0.3, -0.25) is 5.01 Å². The number of hydrogen-bond donors (Lipinski definition) is 0. The zero-order valence-corrected chi connectivity index (χ0v) is 16.8. The highest BCUT2D eigenvalue weighted by Crippen LogP contribution is 2.34. The molecule has 1 fully saturated rings. The van der Waals surface area contributed by atoms with Crippen molar-refractivity contribution in [2.24, 2.45) is 16.9 Å². The molecule has 2 heteroatoms. The van der Waals surface area contributed by atoms with Crippen molar-refractivity contribution in [1.82, 2.24) is 5.01 Å². The largest absolute Gasteiger partial charge is 0.295 e. The zero-order chi connectivity index (χ0) is 18.6. The van der Waals surface area contributed by atoms with Gasteiger partial charge in [0.05, 0.1) is 5.71 Å². The summed E-state index contributed by atoms with van der Waals surface area (Å²) in [5, 5.41) is 7.50. The van der Waals surface area contributed by atoms with Crippen molar-refractivity contribution in [3.05, 3.63) is 71.3 Å². The first kappa shape index (κ1) is 18.3. The van der Waals surface area contributed by atoms with Crippen LogP contribution >= 0.6 is 0 Å². The van der Waals surface area contributed by atoms with Crippen LogP contribution in [0.2, 0.25) is 0 Å². The first-order valence-corrected chi connectivity index (χ1v) is 10.7. The van der Waals surface area contributed by atoms with Gasteiger partial charge in [-0.15, -0.1) is 0 Å². The van der Waals surface area contributed by atoms with Gasteiger partial charge in [0.15, 0.2) is 0 Å². The van der Waals surface area contributed by atoms with Crippen molar-refractivity contribution in [2.45, 2.75) is 51.9 Å². The van der Waals surface area contributed by atoms with E-state index < -0.39 is 0 Å². The third-order valence-corrected chi connectivity index (χ3v) is 6.50. The van der Waals surface area contributed by atoms with Crippen molar-refractivity contribution in [2.75, 3.05) is 13.1 Å². The van der Waals surface area contributed by atoms with Gasteiger partial charge in [0.2, 0.25) is 0 Å². The highest BCUT2D eigenvalue weighted by Gasteiger charge is 2.31. The van der Waals surface area contributed by atoms with Crippen molar-refractivity contribution < 1.29 is 0 Å². The van der Waals surface area contributed by atoms with Gasteiger partial charge in [-0.1, -0.05) is 86.3 Å². The molecule has 2 nitrogen and oxygen atoms in total. The molecule has 1 aliphatic heterocycles. The molecule has 1 atom stereocenters. The van der Waals surface area contributed by atoms with E-state index in [9.17, 15) is 0 Å². The molecule has 2 aliphatic rings. The van der Waals surface area contributed by atoms with E-state index in [4.69, 9.17) is 5.10 Å². The molecule has 1 aliphatic carbocycles. The summed E-state index contributed by atoms with van der Waals surface area (Å²) in [6.45, 7) is 6.66. The van der Waals surface area contributed by atoms with Crippen LogP contribution in [-0.2, 0) is 0 Å². The van der Waals surface area contributed by atoms with Crippen LogP contribution in [0.25, 0.3) is 0 Å². The molecule has 1 saturated carbocycles. The maximum Gasteiger partial charge on any atom is 0.0770 e. The van der Waals surface area contributed by atoms with Gasteiger partial charge >= 0.3 is 0 Å². The molecule has 2 aromatic carbocycles. The van der Waals surface area contributed by atoms with Crippen LogP contribution in [0.1, 0.15) is 61.6 Å². The average Bonchev–Trinajstić information content (AvgIpc) is 3.13. The normalized spacial score (nSPS) is 25.5. The molecule has 142 valence electrons. The topological polar surface area (TPSA) is 15.6 Å². The Labute approximate surface area is 164 Å². The first-order chi connectivity index (χ1) is 13.2. The number of aryl methyl sites for hydroxylation is 1. The fourth-order valence-corrected chi connectivity index (χ4v) is 4.81. The second kappa shape index (κ2) is 8.29. The molecular weight excluding hydrogens is 328 g/mol. The van der Waals surface area contributed by atoms with E-state index in [-0.39, 0.29) is 0 Å². The Morgan fingerprint density at radius 3 is 2.37 bits per heavy atom. The smallest absolute Gasteiger partial charge is 0.0770 e. The number of nitrogens with zero attached hydrogens (tertiary/aromatic N) is 2. The summed E-state index contributed by atoms with van der Waals surface area (Å²) >= 11 is 0. The Morgan fingerprint density at radius 1 is 0.926 bits per heavy atom. The van der Waals surface area contributed by atoms with E-state index in [1.165, 1.54) is 54.5 Å². The third kappa shape index (κ3) is 4.26. The molecule has 0 saturated heterocycles. The van der Waals surface area contributed by atoms with Crippen LogP contribution in [-0.4, -0.2) is 23.8 Å². The molecule has 0 amide bonds. The number of rotatable bonds is 5. The molecule has 4 rings (SSSR count). The van der Waals surface area contributed by atoms with Gasteiger partial charge in [0.25, 0.3) is 0 Å². The average molecular weight is 361 g/mol. The molecule has 0 spiro atoms. The summed E-state index contributed by atoms with van der Waals surface area (Å²) in [5.41, 5.74) is 5.23. The first-order valence-electron chi connectivity index (χ1n) is 10.7. The van der Waals surface area contributed by atoms with Crippen LogP contribution in [0.4, 0.5) is 0 Å². The lowest BCUT2D eigenvalue weighted by molar-refractivity contribution is 0.191. The highest BCUT2D eigenvalue weighted by molar-refractivity contribution is 6.06. The minimum atomic E-state index is 0.374. The minimum absolute atomic E-state index is 0.374. The number of benzene rings is 2. The summed E-state index contributed by atoms with van der Waals surface area (Å²) in [4.78, 5) is 0. The lowest BCUT2D eigenvalue weighted by Gasteiger charge is -2.30. The quantitative estimate of drug-likeness (QED) is 0.637. The van der Waals surface area contributed by atoms with E-state index in [0.717, 1.165) is 24.9 Å². The van der Waals surface area contributed by atoms with Crippen LogP contribution in [0.3, 0.4) is 0 Å². The molecule has 0 aromatic heterocycles. The molecule has 27 heavy (non-hydrogen) atoms. The lowest BCUT2D eigenvalue weighted by atomic mass is 9.81. The number of hydrogen-bond acceptors (Lipinski definition) is 2. The summed E-state index contributed by atoms with van der Waals surface area (Å²) < 4.78 is 0. The van der Waals surface area contributed by atoms with Crippen LogP contribution in [0.5, 0.6) is 0 Å². The molecule has 1 unspecified atom stereocenters. The van der Waals surface area contributed by atoms with Gasteiger partial charge in [-0.05, 0) is 42.7 Å². The Balaban J connectivity index is 1.53. The molecule has 2 aromatic rings. The SMILES string of the molecule is CCC1CCC(CN2CC(c3cccc(C)c3)C(c3ccccc3)=N2)CC1. The second-order valence-corrected chi connectivity index (χ2v) is 8.48. The standard InChI is InChI=1S/C25H32N2/c1-3-20-12-14-21(15-13-20)17-27-18-24(23-11-7-8-19(2)16-23)25(26-27)22-9-5-4-6-10-22/h4-11,16,20-21,24H,3,12-15,17-18H2,1-2H3. The van der Waals surface area contributed by atoms with Crippen molar-refractivity contribution in [3.8, 4) is 0 Å². The Bertz CT molecular complexity index is 772. The summed E-state index contributed by atoms with van der Waals surface area (Å²) in [6, 6.07) is 19.7. The van der Waals surface area contributed by atoms with Crippen molar-refractivity contribution in [1.29, 1.82) is 0 Å². The van der Waals surface area contributed by atoms with Gasteiger partial charge in [-0.2, -0.15) is 5.10 Å². The van der Waals surface area contributed by atoms with Crippen molar-refractivity contribution in [3.63, 3.8) is 0 Å². The van der Waals surface area contributed by atoms with Gasteiger partial charge in [0.1, 0.15) is 0 Å². The maximum atomic E-state index is 5.13. The van der Waals surface area contributed by atoms with Crippen molar-refractivity contribution >= 4 is 5.71 Å². The van der Waals surface area contributed by atoms with Gasteiger partial charge in [-0.25, -0.2) is 0 Å². The second-order valence-electron chi connectivity index (χ2n) is 8.48. The Morgan fingerprint density at radius 2 is 1.67 bits per heavy atom.